The Morgan fingerprint density at radius 1 is 0.778 bits per heavy atom. The fraction of sp³-hybridized carbons (Fsp3) is 1.00. The summed E-state index contributed by atoms with van der Waals surface area (Å²) in [5, 5.41) is -2.74. The Bertz CT molecular complexity index is 278. The summed E-state index contributed by atoms with van der Waals surface area (Å²) in [6, 6.07) is 0. The molecule has 0 atom stereocenters. The maximum atomic E-state index is 12.5. The third-order valence-corrected chi connectivity index (χ3v) is 1.94. The first-order valence-corrected chi connectivity index (χ1v) is 4.30. The molecule has 0 aromatic heterocycles. The second kappa shape index (κ2) is 5.30. The molecule has 110 valence electrons. The monoisotopic (exact) mass is 314 g/mol. The summed E-state index contributed by atoms with van der Waals surface area (Å²) in [6.45, 7) is 0. The van der Waals surface area contributed by atoms with Crippen molar-refractivity contribution in [2.24, 2.45) is 0 Å². The highest BCUT2D eigenvalue weighted by Gasteiger charge is 2.82. The largest absolute Gasteiger partial charge is 0.460 e. The van der Waals surface area contributed by atoms with Gasteiger partial charge in [-0.1, -0.05) is 5.04 Å². The lowest BCUT2D eigenvalue weighted by atomic mass is 10.1. The predicted molar refractivity (Wildman–Crippen MR) is 37.7 cm³/mol. The van der Waals surface area contributed by atoms with Gasteiger partial charge >= 0.3 is 23.3 Å². The van der Waals surface area contributed by atoms with Gasteiger partial charge in [0.1, 0.15) is 12.0 Å². The van der Waals surface area contributed by atoms with Crippen molar-refractivity contribution < 1.29 is 53.8 Å². The van der Waals surface area contributed by atoms with Crippen LogP contribution in [-0.4, -0.2) is 30.4 Å². The van der Waals surface area contributed by atoms with Crippen LogP contribution in [0.1, 0.15) is 0 Å². The molecule has 18 heavy (non-hydrogen) atoms. The minimum absolute atomic E-state index is 0.668. The standard InChI is InChI=1S/C5H3F9O3S/c1-15-16-17-18-5(13,14)3(8,9)2(6,7)4(10,11)12/h1H3. The molecule has 0 aliphatic heterocycles. The number of hydrogen-bond donors (Lipinski definition) is 0. The molecule has 13 heteroatoms. The average molecular weight is 314 g/mol. The van der Waals surface area contributed by atoms with Crippen LogP contribution in [0.25, 0.3) is 0 Å². The molecule has 0 aliphatic carbocycles. The highest BCUT2D eigenvalue weighted by Crippen LogP contribution is 2.56. The first kappa shape index (κ1) is 17.6. The quantitative estimate of drug-likeness (QED) is 0.246. The minimum Gasteiger partial charge on any atom is -0.209 e. The van der Waals surface area contributed by atoms with Crippen molar-refractivity contribution in [3.8, 4) is 0 Å². The second-order valence-corrected chi connectivity index (χ2v) is 3.36. The molecule has 0 spiro atoms. The van der Waals surface area contributed by atoms with E-state index in [1.807, 2.05) is 0 Å². The molecule has 0 radical (unpaired) electrons. The normalized spacial score (nSPS) is 15.0. The second-order valence-electron chi connectivity index (χ2n) is 2.55. The van der Waals surface area contributed by atoms with Crippen LogP contribution in [-0.2, 0) is 14.3 Å². The summed E-state index contributed by atoms with van der Waals surface area (Å²) in [5.74, 6) is -13.7. The van der Waals surface area contributed by atoms with Gasteiger partial charge in [0.25, 0.3) is 0 Å². The number of hydrogen-bond acceptors (Lipinski definition) is 4. The van der Waals surface area contributed by atoms with Crippen LogP contribution in [0.2, 0.25) is 0 Å². The van der Waals surface area contributed by atoms with Gasteiger partial charge in [0.15, 0.2) is 0 Å². The van der Waals surface area contributed by atoms with Crippen LogP contribution in [0.5, 0.6) is 0 Å². The topological polar surface area (TPSA) is 27.7 Å². The fourth-order valence-electron chi connectivity index (χ4n) is 0.498. The fourth-order valence-corrected chi connectivity index (χ4v) is 0.899. The smallest absolute Gasteiger partial charge is 0.209 e. The van der Waals surface area contributed by atoms with Gasteiger partial charge in [0.05, 0.1) is 7.11 Å². The maximum Gasteiger partial charge on any atom is 0.460 e. The molecule has 0 saturated heterocycles. The van der Waals surface area contributed by atoms with E-state index in [0.717, 1.165) is 0 Å². The van der Waals surface area contributed by atoms with Gasteiger partial charge in [-0.3, -0.25) is 0 Å². The third kappa shape index (κ3) is 3.13. The summed E-state index contributed by atoms with van der Waals surface area (Å²) in [6.07, 6.45) is -6.87. The van der Waals surface area contributed by atoms with Gasteiger partial charge < -0.3 is 0 Å². The lowest BCUT2D eigenvalue weighted by molar-refractivity contribution is -0.450. The average Bonchev–Trinajstić information content (AvgIpc) is 2.15. The van der Waals surface area contributed by atoms with Crippen molar-refractivity contribution in [2.45, 2.75) is 23.3 Å². The summed E-state index contributed by atoms with van der Waals surface area (Å²) >= 11 is -1.76. The van der Waals surface area contributed by atoms with E-state index in [9.17, 15) is 39.5 Å². The summed E-state index contributed by atoms with van der Waals surface area (Å²) < 4.78 is 112. The Labute approximate surface area is 97.2 Å². The Morgan fingerprint density at radius 2 is 1.22 bits per heavy atom. The molecule has 0 amide bonds. The number of halogens is 9. The van der Waals surface area contributed by atoms with Crippen molar-refractivity contribution in [1.29, 1.82) is 0 Å². The summed E-state index contributed by atoms with van der Waals surface area (Å²) in [7, 11) is 0.668. The molecule has 0 unspecified atom stereocenters. The van der Waals surface area contributed by atoms with E-state index < -0.39 is 35.3 Å². The van der Waals surface area contributed by atoms with Crippen molar-refractivity contribution in [3.05, 3.63) is 0 Å². The van der Waals surface area contributed by atoms with Crippen molar-refractivity contribution >= 4 is 12.0 Å². The van der Waals surface area contributed by atoms with Crippen LogP contribution >= 0.6 is 12.0 Å². The van der Waals surface area contributed by atoms with Crippen LogP contribution < -0.4 is 0 Å². The van der Waals surface area contributed by atoms with Crippen LogP contribution in [0.15, 0.2) is 0 Å². The van der Waals surface area contributed by atoms with Crippen molar-refractivity contribution in [1.82, 2.24) is 0 Å². The molecule has 0 aromatic rings. The zero-order valence-corrected chi connectivity index (χ0v) is 8.85. The lowest BCUT2D eigenvalue weighted by Crippen LogP contribution is -2.59. The van der Waals surface area contributed by atoms with Crippen LogP contribution in [0.3, 0.4) is 0 Å². The SMILES string of the molecule is COOOSC(F)(F)C(F)(F)C(F)(F)C(F)(F)F. The van der Waals surface area contributed by atoms with Gasteiger partial charge in [-0.25, -0.2) is 4.89 Å². The molecular weight excluding hydrogens is 311 g/mol. The molecule has 0 rings (SSSR count). The van der Waals surface area contributed by atoms with Gasteiger partial charge in [-0.15, -0.1) is 4.33 Å². The molecule has 0 heterocycles. The van der Waals surface area contributed by atoms with E-state index in [2.05, 4.69) is 14.3 Å². The van der Waals surface area contributed by atoms with E-state index in [4.69, 9.17) is 0 Å². The molecule has 0 N–H and O–H groups in total. The zero-order chi connectivity index (χ0) is 14.8. The van der Waals surface area contributed by atoms with Gasteiger partial charge in [0, 0.05) is 0 Å². The van der Waals surface area contributed by atoms with Gasteiger partial charge in [-0.2, -0.15) is 39.5 Å². The molecule has 0 bridgehead atoms. The van der Waals surface area contributed by atoms with Crippen LogP contribution in [0, 0.1) is 0 Å². The summed E-state index contributed by atoms with van der Waals surface area (Å²) in [5.41, 5.74) is 0. The Morgan fingerprint density at radius 3 is 1.56 bits per heavy atom. The van der Waals surface area contributed by atoms with E-state index in [-0.39, 0.29) is 0 Å². The zero-order valence-electron chi connectivity index (χ0n) is 8.03. The highest BCUT2D eigenvalue weighted by molar-refractivity contribution is 7.95. The number of alkyl halides is 9. The van der Waals surface area contributed by atoms with E-state index in [1.54, 1.807) is 0 Å². The minimum atomic E-state index is -6.97. The maximum absolute atomic E-state index is 12.5. The number of rotatable bonds is 6. The highest BCUT2D eigenvalue weighted by atomic mass is 32.2. The Kier molecular flexibility index (Phi) is 5.19. The molecule has 0 aromatic carbocycles. The molecule has 0 fully saturated rings. The predicted octanol–water partition coefficient (Wildman–Crippen LogP) is 3.57. The van der Waals surface area contributed by atoms with E-state index in [0.29, 0.717) is 7.11 Å². The first-order chi connectivity index (χ1) is 7.81. The van der Waals surface area contributed by atoms with Gasteiger partial charge in [-0.05, 0) is 0 Å². The first-order valence-electron chi connectivity index (χ1n) is 3.56. The molecular formula is C5H3F9O3S. The van der Waals surface area contributed by atoms with E-state index in [1.165, 1.54) is 0 Å². The third-order valence-electron chi connectivity index (χ3n) is 1.35. The molecule has 0 aliphatic rings. The van der Waals surface area contributed by atoms with Crippen LogP contribution in [0.4, 0.5) is 39.5 Å². The Hall–Kier alpha value is -0.400. The van der Waals surface area contributed by atoms with Gasteiger partial charge in [0.2, 0.25) is 0 Å². The lowest BCUT2D eigenvalue weighted by Gasteiger charge is -2.31. The van der Waals surface area contributed by atoms with Crippen molar-refractivity contribution in [3.63, 3.8) is 0 Å². The van der Waals surface area contributed by atoms with Crippen molar-refractivity contribution in [2.75, 3.05) is 7.11 Å². The summed E-state index contributed by atoms with van der Waals surface area (Å²) in [4.78, 5) is 3.47. The molecule has 0 saturated carbocycles. The van der Waals surface area contributed by atoms with E-state index >= 15 is 0 Å². The Balaban J connectivity index is 5.11. The molecule has 3 nitrogen and oxygen atoms in total.